The summed E-state index contributed by atoms with van der Waals surface area (Å²) in [6.45, 7) is 3.38. The number of hydrogen-bond acceptors (Lipinski definition) is 4. The van der Waals surface area contributed by atoms with Crippen molar-refractivity contribution in [3.8, 4) is 0 Å². The highest BCUT2D eigenvalue weighted by Crippen LogP contribution is 2.34. The van der Waals surface area contributed by atoms with Crippen LogP contribution >= 0.6 is 0 Å². The minimum absolute atomic E-state index is 0.235. The van der Waals surface area contributed by atoms with Gasteiger partial charge in [0.1, 0.15) is 0 Å². The number of benzene rings is 1. The summed E-state index contributed by atoms with van der Waals surface area (Å²) in [7, 11) is 1.80. The van der Waals surface area contributed by atoms with Crippen LogP contribution in [-0.4, -0.2) is 24.0 Å². The van der Waals surface area contributed by atoms with Crippen LogP contribution in [0.3, 0.4) is 0 Å². The normalized spacial score (nSPS) is 19.7. The van der Waals surface area contributed by atoms with Gasteiger partial charge in [0.05, 0.1) is 11.5 Å². The van der Waals surface area contributed by atoms with Gasteiger partial charge in [-0.3, -0.25) is 14.9 Å². The van der Waals surface area contributed by atoms with E-state index in [0.29, 0.717) is 18.4 Å². The maximum Gasteiger partial charge on any atom is 0.234 e. The fourth-order valence-electron chi connectivity index (χ4n) is 2.55. The van der Waals surface area contributed by atoms with Gasteiger partial charge in [-0.2, -0.15) is 0 Å². The van der Waals surface area contributed by atoms with Crippen molar-refractivity contribution in [3.63, 3.8) is 0 Å². The first-order valence-corrected chi connectivity index (χ1v) is 6.71. The smallest absolute Gasteiger partial charge is 0.234 e. The molecule has 1 fully saturated rings. The molecule has 0 saturated carbocycles. The number of piperidine rings is 1. The molecular weight excluding hydrogens is 256 g/mol. The van der Waals surface area contributed by atoms with E-state index < -0.39 is 11.5 Å². The van der Waals surface area contributed by atoms with E-state index in [1.807, 2.05) is 18.2 Å². The number of amides is 2. The van der Waals surface area contributed by atoms with E-state index in [4.69, 9.17) is 0 Å². The third-order valence-corrected chi connectivity index (χ3v) is 3.61. The molecule has 1 heterocycles. The van der Waals surface area contributed by atoms with Crippen molar-refractivity contribution in [2.24, 2.45) is 0 Å². The maximum absolute atomic E-state index is 12.0. The fourth-order valence-corrected chi connectivity index (χ4v) is 2.55. The van der Waals surface area contributed by atoms with Gasteiger partial charge >= 0.3 is 0 Å². The number of nitrogens with one attached hydrogen (secondary N) is 2. The van der Waals surface area contributed by atoms with Crippen LogP contribution in [0, 0.1) is 0 Å². The molecule has 108 valence electrons. The zero-order chi connectivity index (χ0) is 14.9. The van der Waals surface area contributed by atoms with Crippen LogP contribution in [0.25, 0.3) is 0 Å². The molecule has 2 amide bonds. The average Bonchev–Trinajstić information content (AvgIpc) is 2.37. The second-order valence-corrected chi connectivity index (χ2v) is 5.61. The van der Waals surface area contributed by atoms with Gasteiger partial charge in [-0.1, -0.05) is 6.07 Å². The predicted octanol–water partition coefficient (Wildman–Crippen LogP) is 1.48. The van der Waals surface area contributed by atoms with Crippen molar-refractivity contribution in [1.29, 1.82) is 0 Å². The molecule has 0 aliphatic carbocycles. The summed E-state index contributed by atoms with van der Waals surface area (Å²) in [5.74, 6) is -0.928. The number of hydrogen-bond donors (Lipinski definition) is 3. The summed E-state index contributed by atoms with van der Waals surface area (Å²) < 4.78 is 0. The van der Waals surface area contributed by atoms with Crippen LogP contribution < -0.4 is 10.6 Å². The summed E-state index contributed by atoms with van der Waals surface area (Å²) in [6, 6.07) is 5.56. The van der Waals surface area contributed by atoms with Crippen LogP contribution in [0.5, 0.6) is 0 Å². The third kappa shape index (κ3) is 2.82. The molecule has 5 heteroatoms. The standard InChI is InChI=1S/C15H20N2O3/c1-15(2,20)12-6-4-9(16-3)8-11(12)10-5-7-13(18)17-14(10)19/h4,6,8,10,16,20H,5,7H2,1-3H3,(H,17,18,19). The second kappa shape index (κ2) is 5.25. The van der Waals surface area contributed by atoms with Crippen LogP contribution in [0.1, 0.15) is 43.7 Å². The summed E-state index contributed by atoms with van der Waals surface area (Å²) in [5, 5.41) is 15.7. The van der Waals surface area contributed by atoms with Crippen LogP contribution in [0.2, 0.25) is 0 Å². The van der Waals surface area contributed by atoms with Crippen molar-refractivity contribution < 1.29 is 14.7 Å². The molecule has 1 aromatic rings. The Morgan fingerprint density at radius 2 is 2.05 bits per heavy atom. The van der Waals surface area contributed by atoms with Crippen molar-refractivity contribution in [3.05, 3.63) is 29.3 Å². The summed E-state index contributed by atoms with van der Waals surface area (Å²) in [4.78, 5) is 23.3. The lowest BCUT2D eigenvalue weighted by molar-refractivity contribution is -0.134. The van der Waals surface area contributed by atoms with Crippen LogP contribution in [0.4, 0.5) is 5.69 Å². The van der Waals surface area contributed by atoms with Gasteiger partial charge in [-0.05, 0) is 43.5 Å². The van der Waals surface area contributed by atoms with Gasteiger partial charge in [0.15, 0.2) is 0 Å². The quantitative estimate of drug-likeness (QED) is 0.731. The Hall–Kier alpha value is -1.88. The topological polar surface area (TPSA) is 78.4 Å². The zero-order valence-electron chi connectivity index (χ0n) is 12.0. The Balaban J connectivity index is 2.47. The molecule has 1 atom stereocenters. The van der Waals surface area contributed by atoms with Gasteiger partial charge in [0, 0.05) is 19.2 Å². The van der Waals surface area contributed by atoms with Crippen molar-refractivity contribution in [2.45, 2.75) is 38.2 Å². The number of aliphatic hydroxyl groups is 1. The van der Waals surface area contributed by atoms with Gasteiger partial charge < -0.3 is 10.4 Å². The predicted molar refractivity (Wildman–Crippen MR) is 76.4 cm³/mol. The Morgan fingerprint density at radius 1 is 1.35 bits per heavy atom. The minimum atomic E-state index is -1.04. The van der Waals surface area contributed by atoms with Gasteiger partial charge in [0.2, 0.25) is 11.8 Å². The van der Waals surface area contributed by atoms with Crippen molar-refractivity contribution in [1.82, 2.24) is 5.32 Å². The minimum Gasteiger partial charge on any atom is -0.388 e. The van der Waals surface area contributed by atoms with Gasteiger partial charge in [0.25, 0.3) is 0 Å². The lowest BCUT2D eigenvalue weighted by Gasteiger charge is -2.28. The Morgan fingerprint density at radius 3 is 2.60 bits per heavy atom. The SMILES string of the molecule is CNc1ccc(C(C)(C)O)c(C2CCC(=O)NC2=O)c1. The molecule has 2 rings (SSSR count). The molecule has 3 N–H and O–H groups in total. The van der Waals surface area contributed by atoms with Crippen LogP contribution in [0.15, 0.2) is 18.2 Å². The monoisotopic (exact) mass is 276 g/mol. The lowest BCUT2D eigenvalue weighted by Crippen LogP contribution is -2.40. The molecule has 20 heavy (non-hydrogen) atoms. The Kier molecular flexibility index (Phi) is 3.81. The van der Waals surface area contributed by atoms with E-state index in [2.05, 4.69) is 10.6 Å². The molecule has 0 radical (unpaired) electrons. The van der Waals surface area contributed by atoms with Crippen LogP contribution in [-0.2, 0) is 15.2 Å². The molecule has 0 spiro atoms. The Bertz CT molecular complexity index is 547. The fraction of sp³-hybridized carbons (Fsp3) is 0.467. The molecule has 0 bridgehead atoms. The van der Waals surface area contributed by atoms with E-state index in [0.717, 1.165) is 11.3 Å². The van der Waals surface area contributed by atoms with E-state index in [1.54, 1.807) is 20.9 Å². The summed E-state index contributed by atoms with van der Waals surface area (Å²) >= 11 is 0. The lowest BCUT2D eigenvalue weighted by atomic mass is 9.82. The van der Waals surface area contributed by atoms with Crippen molar-refractivity contribution in [2.75, 3.05) is 12.4 Å². The summed E-state index contributed by atoms with van der Waals surface area (Å²) in [5.41, 5.74) is 1.32. The van der Waals surface area contributed by atoms with Crippen molar-refractivity contribution >= 4 is 17.5 Å². The maximum atomic E-state index is 12.0. The number of carbonyl (C=O) groups excluding carboxylic acids is 2. The highest BCUT2D eigenvalue weighted by Gasteiger charge is 2.32. The first-order valence-electron chi connectivity index (χ1n) is 6.71. The molecule has 0 aromatic heterocycles. The molecule has 1 unspecified atom stereocenters. The molecule has 1 saturated heterocycles. The zero-order valence-corrected chi connectivity index (χ0v) is 12.0. The average molecular weight is 276 g/mol. The van der Waals surface area contributed by atoms with Gasteiger partial charge in [-0.15, -0.1) is 0 Å². The Labute approximate surface area is 118 Å². The summed E-state index contributed by atoms with van der Waals surface area (Å²) in [6.07, 6.45) is 0.798. The molecular formula is C15H20N2O3. The molecule has 1 aromatic carbocycles. The molecule has 5 nitrogen and oxygen atoms in total. The van der Waals surface area contributed by atoms with E-state index in [-0.39, 0.29) is 11.8 Å². The molecule has 1 aliphatic heterocycles. The van der Waals surface area contributed by atoms with Gasteiger partial charge in [-0.25, -0.2) is 0 Å². The number of anilines is 1. The highest BCUT2D eigenvalue weighted by molar-refractivity contribution is 6.01. The highest BCUT2D eigenvalue weighted by atomic mass is 16.3. The number of carbonyl (C=O) groups is 2. The van der Waals surface area contributed by atoms with E-state index >= 15 is 0 Å². The number of imide groups is 1. The second-order valence-electron chi connectivity index (χ2n) is 5.61. The molecule has 1 aliphatic rings. The first-order chi connectivity index (χ1) is 9.32. The largest absolute Gasteiger partial charge is 0.388 e. The van der Waals surface area contributed by atoms with E-state index in [9.17, 15) is 14.7 Å². The first kappa shape index (κ1) is 14.5. The number of rotatable bonds is 3. The van der Waals surface area contributed by atoms with E-state index in [1.165, 1.54) is 0 Å². The third-order valence-electron chi connectivity index (χ3n) is 3.61.